The maximum atomic E-state index is 12.4. The van der Waals surface area contributed by atoms with Crippen molar-refractivity contribution in [3.63, 3.8) is 0 Å². The Morgan fingerprint density at radius 3 is 2.50 bits per heavy atom. The molecule has 0 unspecified atom stereocenters. The highest BCUT2D eigenvalue weighted by Crippen LogP contribution is 2.16. The Morgan fingerprint density at radius 2 is 1.87 bits per heavy atom. The number of halogens is 3. The van der Waals surface area contributed by atoms with Crippen LogP contribution in [0.25, 0.3) is 0 Å². The zero-order chi connectivity index (χ0) is 22.1. The summed E-state index contributed by atoms with van der Waals surface area (Å²) in [4.78, 5) is 28.5. The second-order valence-electron chi connectivity index (χ2n) is 6.94. The van der Waals surface area contributed by atoms with E-state index in [-0.39, 0.29) is 37.0 Å². The third-order valence-corrected chi connectivity index (χ3v) is 4.55. The van der Waals surface area contributed by atoms with E-state index in [0.29, 0.717) is 39.1 Å². The number of esters is 1. The number of hydrogen-bond donors (Lipinski definition) is 1. The summed E-state index contributed by atoms with van der Waals surface area (Å²) in [7, 11) is 1.62. The number of nitrogens with zero attached hydrogens (tertiary/aromatic N) is 4. The zero-order valence-corrected chi connectivity index (χ0v) is 17.2. The van der Waals surface area contributed by atoms with Gasteiger partial charge in [-0.2, -0.15) is 18.3 Å². The van der Waals surface area contributed by atoms with Gasteiger partial charge < -0.3 is 19.7 Å². The molecule has 1 aliphatic heterocycles. The number of rotatable bonds is 10. The van der Waals surface area contributed by atoms with Crippen LogP contribution in [0.4, 0.5) is 19.0 Å². The predicted molar refractivity (Wildman–Crippen MR) is 102 cm³/mol. The average molecular weight is 435 g/mol. The van der Waals surface area contributed by atoms with Crippen molar-refractivity contribution < 1.29 is 32.2 Å². The van der Waals surface area contributed by atoms with E-state index in [9.17, 15) is 22.8 Å². The summed E-state index contributed by atoms with van der Waals surface area (Å²) < 4.78 is 47.0. The van der Waals surface area contributed by atoms with Gasteiger partial charge in [0.2, 0.25) is 5.91 Å². The van der Waals surface area contributed by atoms with Crippen LogP contribution in [0, 0.1) is 0 Å². The molecular weight excluding hydrogens is 407 g/mol. The van der Waals surface area contributed by atoms with E-state index in [4.69, 9.17) is 4.74 Å². The molecule has 2 heterocycles. The third-order valence-electron chi connectivity index (χ3n) is 4.55. The molecule has 0 aromatic carbocycles. The second kappa shape index (κ2) is 11.3. The van der Waals surface area contributed by atoms with Gasteiger partial charge in [-0.3, -0.25) is 14.4 Å². The minimum absolute atomic E-state index is 0.0651. The first-order chi connectivity index (χ1) is 14.2. The summed E-state index contributed by atoms with van der Waals surface area (Å²) in [5.41, 5.74) is 0.199. The normalized spacial score (nSPS) is 15.9. The van der Waals surface area contributed by atoms with Crippen LogP contribution >= 0.6 is 0 Å². The molecule has 1 aromatic heterocycles. The van der Waals surface area contributed by atoms with Crippen molar-refractivity contribution in [2.45, 2.75) is 19.5 Å². The molecule has 30 heavy (non-hydrogen) atoms. The molecule has 12 heteroatoms. The van der Waals surface area contributed by atoms with Crippen LogP contribution in [0.3, 0.4) is 0 Å². The highest BCUT2D eigenvalue weighted by molar-refractivity contribution is 6.00. The maximum Gasteiger partial charge on any atom is 0.411 e. The predicted octanol–water partition coefficient (Wildman–Crippen LogP) is 1.12. The lowest BCUT2D eigenvalue weighted by Crippen LogP contribution is -2.48. The second-order valence-corrected chi connectivity index (χ2v) is 6.94. The molecule has 0 saturated carbocycles. The summed E-state index contributed by atoms with van der Waals surface area (Å²) in [6, 6.07) is 0. The highest BCUT2D eigenvalue weighted by Gasteiger charge is 2.27. The van der Waals surface area contributed by atoms with E-state index >= 15 is 0 Å². The Bertz CT molecular complexity index is 702. The van der Waals surface area contributed by atoms with Crippen molar-refractivity contribution in [2.75, 3.05) is 64.4 Å². The lowest BCUT2D eigenvalue weighted by Gasteiger charge is -2.34. The summed E-state index contributed by atoms with van der Waals surface area (Å²) in [5.74, 6) is -0.525. The largest absolute Gasteiger partial charge is 0.462 e. The number of ether oxygens (including phenoxy) is 2. The average Bonchev–Trinajstić information content (AvgIpc) is 3.02. The van der Waals surface area contributed by atoms with E-state index in [0.717, 1.165) is 0 Å². The van der Waals surface area contributed by atoms with Crippen LogP contribution in [0.15, 0.2) is 6.20 Å². The number of nitrogens with one attached hydrogen (secondary N) is 1. The lowest BCUT2D eigenvalue weighted by molar-refractivity contribution is -0.174. The van der Waals surface area contributed by atoms with Crippen LogP contribution < -0.4 is 5.32 Å². The first-order valence-corrected chi connectivity index (χ1v) is 9.77. The number of hydrogen-bond acceptors (Lipinski definition) is 7. The third kappa shape index (κ3) is 7.92. The molecule has 1 saturated heterocycles. The van der Waals surface area contributed by atoms with Crippen molar-refractivity contribution in [3.8, 4) is 0 Å². The molecule has 170 valence electrons. The van der Waals surface area contributed by atoms with Gasteiger partial charge in [-0.15, -0.1) is 0 Å². The van der Waals surface area contributed by atoms with Crippen LogP contribution in [0.2, 0.25) is 0 Å². The first kappa shape index (κ1) is 24.1. The topological polar surface area (TPSA) is 88.9 Å². The molecule has 0 aliphatic carbocycles. The summed E-state index contributed by atoms with van der Waals surface area (Å²) in [6.45, 7) is 4.33. The molecule has 1 fully saturated rings. The van der Waals surface area contributed by atoms with E-state index in [1.165, 1.54) is 10.9 Å². The Hall–Kier alpha value is -2.18. The van der Waals surface area contributed by atoms with Gasteiger partial charge in [0.25, 0.3) is 0 Å². The van der Waals surface area contributed by atoms with Gasteiger partial charge in [-0.05, 0) is 13.3 Å². The van der Waals surface area contributed by atoms with Crippen LogP contribution in [-0.2, 0) is 21.3 Å². The molecule has 0 spiro atoms. The van der Waals surface area contributed by atoms with Gasteiger partial charge in [0.05, 0.1) is 19.3 Å². The molecule has 1 amide bonds. The lowest BCUT2D eigenvalue weighted by atomic mass is 10.3. The van der Waals surface area contributed by atoms with Crippen LogP contribution in [0.5, 0.6) is 0 Å². The number of anilines is 1. The maximum absolute atomic E-state index is 12.4. The minimum atomic E-state index is -4.29. The van der Waals surface area contributed by atoms with Crippen molar-refractivity contribution in [1.82, 2.24) is 19.6 Å². The summed E-state index contributed by atoms with van der Waals surface area (Å²) in [5, 5.41) is 6.71. The molecule has 1 aromatic rings. The van der Waals surface area contributed by atoms with E-state index in [1.807, 2.05) is 4.90 Å². The van der Waals surface area contributed by atoms with Crippen LogP contribution in [-0.4, -0.2) is 96.7 Å². The van der Waals surface area contributed by atoms with Gasteiger partial charge >= 0.3 is 12.1 Å². The van der Waals surface area contributed by atoms with Crippen molar-refractivity contribution in [3.05, 3.63) is 11.8 Å². The van der Waals surface area contributed by atoms with E-state index < -0.39 is 18.8 Å². The Kier molecular flexibility index (Phi) is 9.06. The fourth-order valence-corrected chi connectivity index (χ4v) is 3.07. The SMILES string of the molecule is CCOC(=O)c1cnn(C)c1NC(=O)CN1CCN(CCCOCC(F)(F)F)CC1. The standard InChI is InChI=1S/C18H28F3N5O4/c1-3-30-17(28)14-11-22-24(2)16(14)23-15(27)12-26-8-6-25(7-9-26)5-4-10-29-13-18(19,20)21/h11H,3-10,12-13H2,1-2H3,(H,23,27). The van der Waals surface area contributed by atoms with Crippen molar-refractivity contribution >= 4 is 17.7 Å². The molecule has 1 N–H and O–H groups in total. The molecule has 1 aliphatic rings. The Balaban J connectivity index is 1.70. The highest BCUT2D eigenvalue weighted by atomic mass is 19.4. The number of carbonyl (C=O) groups excluding carboxylic acids is 2. The van der Waals surface area contributed by atoms with Gasteiger partial charge in [-0.1, -0.05) is 0 Å². The fourth-order valence-electron chi connectivity index (χ4n) is 3.07. The molecule has 0 radical (unpaired) electrons. The van der Waals surface area contributed by atoms with Crippen LogP contribution in [0.1, 0.15) is 23.7 Å². The van der Waals surface area contributed by atoms with E-state index in [1.54, 1.807) is 14.0 Å². The number of aromatic nitrogens is 2. The molecular formula is C18H28F3N5O4. The molecule has 0 atom stereocenters. The number of aryl methyl sites for hydroxylation is 1. The summed E-state index contributed by atoms with van der Waals surface area (Å²) in [6.07, 6.45) is -2.42. The number of carbonyl (C=O) groups is 2. The number of alkyl halides is 3. The Labute approximate surface area is 173 Å². The van der Waals surface area contributed by atoms with Crippen molar-refractivity contribution in [2.24, 2.45) is 7.05 Å². The van der Waals surface area contributed by atoms with Gasteiger partial charge in [0, 0.05) is 46.4 Å². The molecule has 2 rings (SSSR count). The molecule has 9 nitrogen and oxygen atoms in total. The minimum Gasteiger partial charge on any atom is -0.462 e. The van der Waals surface area contributed by atoms with Gasteiger partial charge in [0.15, 0.2) is 0 Å². The Morgan fingerprint density at radius 1 is 1.20 bits per heavy atom. The quantitative estimate of drug-likeness (QED) is 0.435. The summed E-state index contributed by atoms with van der Waals surface area (Å²) >= 11 is 0. The van der Waals surface area contributed by atoms with Gasteiger partial charge in [0.1, 0.15) is 18.0 Å². The number of piperazine rings is 1. The van der Waals surface area contributed by atoms with Crippen molar-refractivity contribution in [1.29, 1.82) is 0 Å². The molecule has 0 bridgehead atoms. The van der Waals surface area contributed by atoms with E-state index in [2.05, 4.69) is 20.1 Å². The zero-order valence-electron chi connectivity index (χ0n) is 17.2. The fraction of sp³-hybridized carbons (Fsp3) is 0.722. The monoisotopic (exact) mass is 435 g/mol. The first-order valence-electron chi connectivity index (χ1n) is 9.77. The smallest absolute Gasteiger partial charge is 0.411 e. The number of amides is 1. The van der Waals surface area contributed by atoms with Gasteiger partial charge in [-0.25, -0.2) is 4.79 Å².